The van der Waals surface area contributed by atoms with Gasteiger partial charge in [0, 0.05) is 7.11 Å². The summed E-state index contributed by atoms with van der Waals surface area (Å²) in [6.45, 7) is 2.03. The van der Waals surface area contributed by atoms with Gasteiger partial charge in [-0.25, -0.2) is 0 Å². The number of hydrogen-bond donors (Lipinski definition) is 2. The SMILES string of the molecule is CCCCC(C(=O)O)C1(O)CCC(OC)CC1. The van der Waals surface area contributed by atoms with Gasteiger partial charge in [-0.1, -0.05) is 19.8 Å². The van der Waals surface area contributed by atoms with Crippen LogP contribution in [0.4, 0.5) is 0 Å². The predicted molar refractivity (Wildman–Crippen MR) is 64.9 cm³/mol. The Morgan fingerprint density at radius 1 is 1.47 bits per heavy atom. The van der Waals surface area contributed by atoms with E-state index in [9.17, 15) is 15.0 Å². The van der Waals surface area contributed by atoms with Crippen molar-refractivity contribution < 1.29 is 19.7 Å². The van der Waals surface area contributed by atoms with Crippen LogP contribution in [0.15, 0.2) is 0 Å². The molecule has 4 heteroatoms. The third-order valence-electron chi connectivity index (χ3n) is 3.92. The molecule has 0 radical (unpaired) electrons. The lowest BCUT2D eigenvalue weighted by Crippen LogP contribution is -2.46. The molecule has 0 saturated heterocycles. The maximum atomic E-state index is 11.3. The standard InChI is InChI=1S/C13H24O4/c1-3-4-5-11(12(14)15)13(16)8-6-10(17-2)7-9-13/h10-11,16H,3-9H2,1-2H3,(H,14,15). The first kappa shape index (κ1) is 14.5. The number of rotatable bonds is 6. The summed E-state index contributed by atoms with van der Waals surface area (Å²) in [7, 11) is 1.67. The van der Waals surface area contributed by atoms with E-state index in [0.717, 1.165) is 25.7 Å². The van der Waals surface area contributed by atoms with Gasteiger partial charge in [0.25, 0.3) is 0 Å². The number of carbonyl (C=O) groups is 1. The third-order valence-corrected chi connectivity index (χ3v) is 3.92. The van der Waals surface area contributed by atoms with Crippen molar-refractivity contribution in [3.8, 4) is 0 Å². The minimum atomic E-state index is -1.03. The highest BCUT2D eigenvalue weighted by molar-refractivity contribution is 5.71. The summed E-state index contributed by atoms with van der Waals surface area (Å²) in [4.78, 5) is 11.3. The summed E-state index contributed by atoms with van der Waals surface area (Å²) in [5.41, 5.74) is -1.03. The van der Waals surface area contributed by atoms with E-state index in [1.807, 2.05) is 6.92 Å². The van der Waals surface area contributed by atoms with E-state index >= 15 is 0 Å². The minimum absolute atomic E-state index is 0.177. The molecule has 1 atom stereocenters. The number of aliphatic carboxylic acids is 1. The Morgan fingerprint density at radius 2 is 2.06 bits per heavy atom. The van der Waals surface area contributed by atoms with Gasteiger partial charge in [-0.3, -0.25) is 4.79 Å². The van der Waals surface area contributed by atoms with Crippen LogP contribution in [0.25, 0.3) is 0 Å². The second-order valence-corrected chi connectivity index (χ2v) is 5.07. The summed E-state index contributed by atoms with van der Waals surface area (Å²) in [6, 6.07) is 0. The number of hydrogen-bond acceptors (Lipinski definition) is 3. The zero-order chi connectivity index (χ0) is 12.9. The van der Waals surface area contributed by atoms with Gasteiger partial charge >= 0.3 is 5.97 Å². The molecule has 0 bridgehead atoms. The van der Waals surface area contributed by atoms with Crippen LogP contribution in [0, 0.1) is 5.92 Å². The topological polar surface area (TPSA) is 66.8 Å². The van der Waals surface area contributed by atoms with Gasteiger partial charge in [0.2, 0.25) is 0 Å². The van der Waals surface area contributed by atoms with Crippen LogP contribution in [-0.4, -0.2) is 35.0 Å². The Hall–Kier alpha value is -0.610. The molecule has 0 aliphatic heterocycles. The molecule has 0 aromatic heterocycles. The second kappa shape index (κ2) is 6.36. The van der Waals surface area contributed by atoms with Crippen molar-refractivity contribution in [1.82, 2.24) is 0 Å². The molecule has 0 spiro atoms. The van der Waals surface area contributed by atoms with Crippen molar-refractivity contribution in [3.05, 3.63) is 0 Å². The number of methoxy groups -OCH3 is 1. The normalized spacial score (nSPS) is 31.1. The molecule has 0 aromatic rings. The maximum absolute atomic E-state index is 11.3. The second-order valence-electron chi connectivity index (χ2n) is 5.07. The Balaban J connectivity index is 2.63. The number of carboxylic acid groups (broad SMARTS) is 1. The Kier molecular flexibility index (Phi) is 5.40. The fourth-order valence-corrected chi connectivity index (χ4v) is 2.71. The highest BCUT2D eigenvalue weighted by Crippen LogP contribution is 2.37. The first-order valence-corrected chi connectivity index (χ1v) is 6.51. The van der Waals surface area contributed by atoms with Gasteiger partial charge in [-0.05, 0) is 32.1 Å². The van der Waals surface area contributed by atoms with E-state index in [-0.39, 0.29) is 6.10 Å². The van der Waals surface area contributed by atoms with E-state index < -0.39 is 17.5 Å². The van der Waals surface area contributed by atoms with Gasteiger partial charge in [-0.2, -0.15) is 0 Å². The van der Waals surface area contributed by atoms with Crippen LogP contribution in [0.1, 0.15) is 51.9 Å². The van der Waals surface area contributed by atoms with Crippen LogP contribution in [0.3, 0.4) is 0 Å². The lowest BCUT2D eigenvalue weighted by atomic mass is 9.73. The van der Waals surface area contributed by atoms with Crippen molar-refractivity contribution in [2.45, 2.75) is 63.6 Å². The molecular formula is C13H24O4. The Bertz CT molecular complexity index is 244. The molecule has 0 heterocycles. The zero-order valence-corrected chi connectivity index (χ0v) is 10.8. The fraction of sp³-hybridized carbons (Fsp3) is 0.923. The van der Waals surface area contributed by atoms with Crippen LogP contribution in [0.2, 0.25) is 0 Å². The van der Waals surface area contributed by atoms with E-state index in [2.05, 4.69) is 0 Å². The van der Waals surface area contributed by atoms with Gasteiger partial charge < -0.3 is 14.9 Å². The molecular weight excluding hydrogens is 220 g/mol. The highest BCUT2D eigenvalue weighted by Gasteiger charge is 2.43. The number of aliphatic hydroxyl groups is 1. The summed E-state index contributed by atoms with van der Waals surface area (Å²) in [6.07, 6.45) is 5.13. The van der Waals surface area contributed by atoms with Crippen molar-refractivity contribution in [1.29, 1.82) is 0 Å². The molecule has 1 saturated carbocycles. The monoisotopic (exact) mass is 244 g/mol. The lowest BCUT2D eigenvalue weighted by Gasteiger charge is -2.39. The summed E-state index contributed by atoms with van der Waals surface area (Å²) >= 11 is 0. The molecule has 0 aromatic carbocycles. The molecule has 1 unspecified atom stereocenters. The molecule has 1 fully saturated rings. The fourth-order valence-electron chi connectivity index (χ4n) is 2.71. The average molecular weight is 244 g/mol. The van der Waals surface area contributed by atoms with E-state index in [1.54, 1.807) is 7.11 Å². The van der Waals surface area contributed by atoms with Crippen molar-refractivity contribution >= 4 is 5.97 Å². The Labute approximate surface area is 103 Å². The molecule has 4 nitrogen and oxygen atoms in total. The molecule has 1 aliphatic carbocycles. The van der Waals surface area contributed by atoms with E-state index in [4.69, 9.17) is 4.74 Å². The van der Waals surface area contributed by atoms with E-state index in [0.29, 0.717) is 19.3 Å². The van der Waals surface area contributed by atoms with Crippen LogP contribution >= 0.6 is 0 Å². The van der Waals surface area contributed by atoms with Gasteiger partial charge in [0.15, 0.2) is 0 Å². The Morgan fingerprint density at radius 3 is 2.47 bits per heavy atom. The molecule has 0 amide bonds. The smallest absolute Gasteiger partial charge is 0.309 e. The molecule has 17 heavy (non-hydrogen) atoms. The van der Waals surface area contributed by atoms with E-state index in [1.165, 1.54) is 0 Å². The quantitative estimate of drug-likeness (QED) is 0.751. The predicted octanol–water partition coefficient (Wildman–Crippen LogP) is 2.20. The number of unbranched alkanes of at least 4 members (excludes halogenated alkanes) is 1. The molecule has 100 valence electrons. The van der Waals surface area contributed by atoms with Gasteiger partial charge in [0.05, 0.1) is 17.6 Å². The van der Waals surface area contributed by atoms with Crippen LogP contribution in [-0.2, 0) is 9.53 Å². The van der Waals surface area contributed by atoms with Gasteiger partial charge in [-0.15, -0.1) is 0 Å². The summed E-state index contributed by atoms with van der Waals surface area (Å²) in [5, 5.41) is 19.8. The molecule has 1 rings (SSSR count). The van der Waals surface area contributed by atoms with Crippen molar-refractivity contribution in [2.75, 3.05) is 7.11 Å². The average Bonchev–Trinajstić information content (AvgIpc) is 2.30. The first-order chi connectivity index (χ1) is 8.03. The largest absolute Gasteiger partial charge is 0.481 e. The summed E-state index contributed by atoms with van der Waals surface area (Å²) in [5.74, 6) is -1.49. The lowest BCUT2D eigenvalue weighted by molar-refractivity contribution is -0.158. The van der Waals surface area contributed by atoms with Gasteiger partial charge in [0.1, 0.15) is 0 Å². The van der Waals surface area contributed by atoms with Crippen molar-refractivity contribution in [2.24, 2.45) is 5.92 Å². The maximum Gasteiger partial charge on any atom is 0.309 e. The first-order valence-electron chi connectivity index (χ1n) is 6.51. The van der Waals surface area contributed by atoms with Crippen LogP contribution in [0.5, 0.6) is 0 Å². The number of carboxylic acids is 1. The minimum Gasteiger partial charge on any atom is -0.481 e. The summed E-state index contributed by atoms with van der Waals surface area (Å²) < 4.78 is 5.25. The zero-order valence-electron chi connectivity index (χ0n) is 10.8. The third kappa shape index (κ3) is 3.68. The highest BCUT2D eigenvalue weighted by atomic mass is 16.5. The number of ether oxygens (including phenoxy) is 1. The molecule has 2 N–H and O–H groups in total. The van der Waals surface area contributed by atoms with Crippen LogP contribution < -0.4 is 0 Å². The van der Waals surface area contributed by atoms with Crippen molar-refractivity contribution in [3.63, 3.8) is 0 Å². The molecule has 1 aliphatic rings.